The number of nitrogens with one attached hydrogen (secondary N) is 1. The zero-order valence-electron chi connectivity index (χ0n) is 13.7. The van der Waals surface area contributed by atoms with Gasteiger partial charge in [0.2, 0.25) is 5.91 Å². The average Bonchev–Trinajstić information content (AvgIpc) is 3.36. The van der Waals surface area contributed by atoms with Crippen LogP contribution < -0.4 is 5.69 Å². The van der Waals surface area contributed by atoms with E-state index in [4.69, 9.17) is 4.74 Å². The Kier molecular flexibility index (Phi) is 5.27. The number of hydrogen-bond acceptors (Lipinski definition) is 6. The molecule has 0 aromatic carbocycles. The topological polar surface area (TPSA) is 97.3 Å². The van der Waals surface area contributed by atoms with Crippen molar-refractivity contribution in [2.24, 2.45) is 5.92 Å². The highest BCUT2D eigenvalue weighted by molar-refractivity contribution is 7.99. The number of amides is 1. The fourth-order valence-electron chi connectivity index (χ4n) is 2.89. The minimum absolute atomic E-state index is 0.0140. The maximum atomic E-state index is 12.3. The van der Waals surface area contributed by atoms with Crippen LogP contribution in [0.5, 0.6) is 0 Å². The molecule has 1 aliphatic carbocycles. The molecule has 0 bridgehead atoms. The number of hydrogen-bond donors (Lipinski definition) is 1. The summed E-state index contributed by atoms with van der Waals surface area (Å²) >= 11 is 1.29. The number of carbonyl (C=O) groups is 2. The summed E-state index contributed by atoms with van der Waals surface area (Å²) in [5.74, 6) is -0.00162. The molecule has 1 aliphatic heterocycles. The van der Waals surface area contributed by atoms with Crippen molar-refractivity contribution in [1.82, 2.24) is 19.7 Å². The van der Waals surface area contributed by atoms with E-state index in [1.807, 2.05) is 0 Å². The maximum absolute atomic E-state index is 12.3. The molecule has 0 spiro atoms. The predicted molar refractivity (Wildman–Crippen MR) is 87.8 cm³/mol. The summed E-state index contributed by atoms with van der Waals surface area (Å²) in [6.45, 7) is 3.32. The Morgan fingerprint density at radius 1 is 1.29 bits per heavy atom. The van der Waals surface area contributed by atoms with E-state index in [-0.39, 0.29) is 35.3 Å². The van der Waals surface area contributed by atoms with Gasteiger partial charge in [-0.3, -0.25) is 14.2 Å². The van der Waals surface area contributed by atoms with Crippen LogP contribution >= 0.6 is 11.8 Å². The fourth-order valence-corrected chi connectivity index (χ4v) is 3.81. The highest BCUT2D eigenvalue weighted by Crippen LogP contribution is 2.36. The first-order chi connectivity index (χ1) is 11.6. The normalized spacial score (nSPS) is 18.6. The second-order valence-corrected chi connectivity index (χ2v) is 7.05. The van der Waals surface area contributed by atoms with Gasteiger partial charge in [0.15, 0.2) is 5.16 Å². The lowest BCUT2D eigenvalue weighted by atomic mass is 9.97. The first-order valence-electron chi connectivity index (χ1n) is 8.34. The fraction of sp³-hybridized carbons (Fsp3) is 0.733. The molecule has 0 unspecified atom stereocenters. The molecule has 1 aromatic rings. The van der Waals surface area contributed by atoms with Crippen molar-refractivity contribution in [2.75, 3.05) is 25.4 Å². The third-order valence-electron chi connectivity index (χ3n) is 4.38. The zero-order valence-corrected chi connectivity index (χ0v) is 14.5. The van der Waals surface area contributed by atoms with Crippen molar-refractivity contribution in [3.05, 3.63) is 10.5 Å². The lowest BCUT2D eigenvalue weighted by molar-refractivity contribution is -0.151. The molecule has 1 amide bonds. The highest BCUT2D eigenvalue weighted by Gasteiger charge is 2.30. The molecule has 1 saturated heterocycles. The van der Waals surface area contributed by atoms with E-state index in [2.05, 4.69) is 10.2 Å². The predicted octanol–water partition coefficient (Wildman–Crippen LogP) is 0.800. The Morgan fingerprint density at radius 3 is 2.62 bits per heavy atom. The van der Waals surface area contributed by atoms with Crippen molar-refractivity contribution < 1.29 is 14.3 Å². The molecule has 0 radical (unpaired) electrons. The third-order valence-corrected chi connectivity index (χ3v) is 5.31. The lowest BCUT2D eigenvalue weighted by Crippen LogP contribution is -2.41. The molecule has 0 atom stereocenters. The Balaban J connectivity index is 1.48. The molecule has 8 nitrogen and oxygen atoms in total. The van der Waals surface area contributed by atoms with Crippen LogP contribution in [0.1, 0.15) is 38.6 Å². The quantitative estimate of drug-likeness (QED) is 0.599. The number of esters is 1. The molecular formula is C15H22N4O4S. The van der Waals surface area contributed by atoms with E-state index in [0.717, 1.165) is 12.8 Å². The Morgan fingerprint density at radius 2 is 2.00 bits per heavy atom. The van der Waals surface area contributed by atoms with E-state index in [0.29, 0.717) is 37.7 Å². The van der Waals surface area contributed by atoms with E-state index >= 15 is 0 Å². The summed E-state index contributed by atoms with van der Waals surface area (Å²) in [5.41, 5.74) is -0.206. The number of carbonyl (C=O) groups excluding carboxylic acids is 2. The number of aromatic nitrogens is 3. The van der Waals surface area contributed by atoms with Crippen LogP contribution in [0.3, 0.4) is 0 Å². The van der Waals surface area contributed by atoms with Crippen LogP contribution in [-0.4, -0.2) is 57.0 Å². The number of thioether (sulfide) groups is 1. The van der Waals surface area contributed by atoms with Gasteiger partial charge in [0.05, 0.1) is 18.3 Å². The first-order valence-corrected chi connectivity index (χ1v) is 9.32. The van der Waals surface area contributed by atoms with Gasteiger partial charge in [-0.15, -0.1) is 5.10 Å². The van der Waals surface area contributed by atoms with Crippen molar-refractivity contribution in [2.45, 2.75) is 43.8 Å². The molecule has 1 aromatic heterocycles. The summed E-state index contributed by atoms with van der Waals surface area (Å²) in [5, 5.41) is 7.04. The number of likely N-dealkylation sites (tertiary alicyclic amines) is 1. The smallest absolute Gasteiger partial charge is 0.344 e. The molecule has 1 N–H and O–H groups in total. The van der Waals surface area contributed by atoms with Gasteiger partial charge in [-0.2, -0.15) is 0 Å². The second-order valence-electron chi connectivity index (χ2n) is 6.11. The summed E-state index contributed by atoms with van der Waals surface area (Å²) in [6.07, 6.45) is 3.26. The van der Waals surface area contributed by atoms with E-state index in [9.17, 15) is 14.4 Å². The molecule has 2 heterocycles. The Hall–Kier alpha value is -1.77. The van der Waals surface area contributed by atoms with Crippen LogP contribution in [0.4, 0.5) is 0 Å². The van der Waals surface area contributed by atoms with Crippen LogP contribution in [-0.2, 0) is 14.3 Å². The van der Waals surface area contributed by atoms with Crippen LogP contribution in [0.2, 0.25) is 0 Å². The van der Waals surface area contributed by atoms with Gasteiger partial charge in [-0.1, -0.05) is 11.8 Å². The van der Waals surface area contributed by atoms with Crippen molar-refractivity contribution in [1.29, 1.82) is 0 Å². The van der Waals surface area contributed by atoms with Crippen molar-refractivity contribution >= 4 is 23.6 Å². The van der Waals surface area contributed by atoms with Crippen molar-refractivity contribution in [3.63, 3.8) is 0 Å². The standard InChI is InChI=1S/C15H22N4O4S/c1-2-23-13(21)10-5-7-18(8-6-10)12(20)9-24-15-17-16-14(22)19(15)11-3-4-11/h10-11H,2-9H2,1H3,(H,16,22). The monoisotopic (exact) mass is 354 g/mol. The lowest BCUT2D eigenvalue weighted by Gasteiger charge is -2.30. The number of rotatable bonds is 6. The van der Waals surface area contributed by atoms with E-state index in [1.54, 1.807) is 16.4 Å². The average molecular weight is 354 g/mol. The number of aromatic amines is 1. The Labute approximate surface area is 143 Å². The van der Waals surface area contributed by atoms with Gasteiger partial charge in [0.25, 0.3) is 0 Å². The van der Waals surface area contributed by atoms with Gasteiger partial charge in [0, 0.05) is 19.1 Å². The van der Waals surface area contributed by atoms with Gasteiger partial charge in [0.1, 0.15) is 0 Å². The molecule has 132 valence electrons. The zero-order chi connectivity index (χ0) is 17.1. The number of ether oxygens (including phenoxy) is 1. The second kappa shape index (κ2) is 7.42. The molecule has 1 saturated carbocycles. The third kappa shape index (κ3) is 3.82. The number of nitrogens with zero attached hydrogens (tertiary/aromatic N) is 3. The van der Waals surface area contributed by atoms with Gasteiger partial charge in [-0.25, -0.2) is 9.89 Å². The minimum atomic E-state index is -0.206. The van der Waals surface area contributed by atoms with Crippen LogP contribution in [0.25, 0.3) is 0 Å². The summed E-state index contributed by atoms with van der Waals surface area (Å²) in [7, 11) is 0. The molecule has 24 heavy (non-hydrogen) atoms. The molecule has 3 rings (SSSR count). The first kappa shape index (κ1) is 17.1. The van der Waals surface area contributed by atoms with E-state index in [1.165, 1.54) is 11.8 Å². The molecule has 2 fully saturated rings. The minimum Gasteiger partial charge on any atom is -0.466 e. The van der Waals surface area contributed by atoms with Crippen LogP contribution in [0.15, 0.2) is 9.95 Å². The SMILES string of the molecule is CCOC(=O)C1CCN(C(=O)CSc2n[nH]c(=O)n2C2CC2)CC1. The van der Waals surface area contributed by atoms with E-state index < -0.39 is 0 Å². The Bertz CT molecular complexity index is 659. The highest BCUT2D eigenvalue weighted by atomic mass is 32.2. The van der Waals surface area contributed by atoms with Crippen LogP contribution in [0, 0.1) is 5.92 Å². The molecule has 2 aliphatic rings. The molecular weight excluding hydrogens is 332 g/mol. The maximum Gasteiger partial charge on any atom is 0.344 e. The summed E-state index contributed by atoms with van der Waals surface area (Å²) < 4.78 is 6.68. The van der Waals surface area contributed by atoms with Crippen molar-refractivity contribution in [3.8, 4) is 0 Å². The number of H-pyrrole nitrogens is 1. The number of piperidine rings is 1. The largest absolute Gasteiger partial charge is 0.466 e. The van der Waals surface area contributed by atoms with Gasteiger partial charge in [-0.05, 0) is 32.6 Å². The van der Waals surface area contributed by atoms with Gasteiger partial charge >= 0.3 is 11.7 Å². The summed E-state index contributed by atoms with van der Waals surface area (Å²) in [6, 6.07) is 0.231. The van der Waals surface area contributed by atoms with Gasteiger partial charge < -0.3 is 9.64 Å². The molecule has 9 heteroatoms. The summed E-state index contributed by atoms with van der Waals surface area (Å²) in [4.78, 5) is 37.5.